The van der Waals surface area contributed by atoms with Crippen LogP contribution in [0.15, 0.2) is 29.4 Å². The molecule has 0 aliphatic heterocycles. The zero-order valence-electron chi connectivity index (χ0n) is 13.5. The minimum absolute atomic E-state index is 0.0257. The van der Waals surface area contributed by atoms with Gasteiger partial charge in [0.25, 0.3) is 0 Å². The minimum atomic E-state index is -3.43. The van der Waals surface area contributed by atoms with Crippen LogP contribution in [-0.2, 0) is 16.3 Å². The van der Waals surface area contributed by atoms with Crippen molar-refractivity contribution in [1.82, 2.24) is 9.97 Å². The molecule has 5 nitrogen and oxygen atoms in total. The quantitative estimate of drug-likeness (QED) is 0.838. The molecule has 1 heterocycles. The first-order valence-electron chi connectivity index (χ1n) is 7.14. The molecule has 2 rings (SSSR count). The molecule has 0 aliphatic rings. The minimum Gasteiger partial charge on any atom is -0.475 e. The van der Waals surface area contributed by atoms with Crippen molar-refractivity contribution in [2.75, 3.05) is 6.26 Å². The van der Waals surface area contributed by atoms with Gasteiger partial charge in [0.1, 0.15) is 12.1 Å². The van der Waals surface area contributed by atoms with E-state index in [2.05, 4.69) is 9.97 Å². The van der Waals surface area contributed by atoms with Crippen molar-refractivity contribution in [2.45, 2.75) is 38.2 Å². The summed E-state index contributed by atoms with van der Waals surface area (Å²) < 4.78 is 42.7. The Morgan fingerprint density at radius 3 is 2.52 bits per heavy atom. The Labute approximate surface area is 135 Å². The molecule has 0 radical (unpaired) electrons. The van der Waals surface area contributed by atoms with Gasteiger partial charge in [-0.05, 0) is 38.5 Å². The number of rotatable bonds is 5. The average Bonchev–Trinajstić information content (AvgIpc) is 2.43. The van der Waals surface area contributed by atoms with Crippen LogP contribution < -0.4 is 4.74 Å². The lowest BCUT2D eigenvalue weighted by Crippen LogP contribution is -2.10. The molecule has 2 aromatic rings. The monoisotopic (exact) mass is 338 g/mol. The van der Waals surface area contributed by atoms with Crippen molar-refractivity contribution in [2.24, 2.45) is 0 Å². The normalized spacial score (nSPS) is 11.7. The Kier molecular flexibility index (Phi) is 4.99. The van der Waals surface area contributed by atoms with Gasteiger partial charge in [0.05, 0.1) is 16.7 Å². The second-order valence-electron chi connectivity index (χ2n) is 5.62. The number of sulfone groups is 1. The summed E-state index contributed by atoms with van der Waals surface area (Å²) in [6, 6.07) is 3.90. The largest absolute Gasteiger partial charge is 0.475 e. The molecule has 0 spiro atoms. The highest BCUT2D eigenvalue weighted by atomic mass is 32.2. The lowest BCUT2D eigenvalue weighted by Gasteiger charge is -2.13. The Morgan fingerprint density at radius 2 is 1.96 bits per heavy atom. The van der Waals surface area contributed by atoms with Crippen LogP contribution >= 0.6 is 0 Å². The molecule has 0 amide bonds. The number of nitrogens with zero attached hydrogens (tertiary/aromatic N) is 2. The maximum Gasteiger partial charge on any atom is 0.219 e. The van der Waals surface area contributed by atoms with Crippen molar-refractivity contribution in [3.05, 3.63) is 47.2 Å². The van der Waals surface area contributed by atoms with Crippen LogP contribution in [0.5, 0.6) is 5.88 Å². The Bertz CT molecular complexity index is 820. The highest BCUT2D eigenvalue weighted by Gasteiger charge is 2.15. The molecule has 0 saturated carbocycles. The molecule has 0 aliphatic carbocycles. The van der Waals surface area contributed by atoms with E-state index in [4.69, 9.17) is 4.74 Å². The fourth-order valence-corrected chi connectivity index (χ4v) is 2.70. The van der Waals surface area contributed by atoms with Crippen molar-refractivity contribution >= 4 is 9.84 Å². The third kappa shape index (κ3) is 4.25. The average molecular weight is 338 g/mol. The molecule has 23 heavy (non-hydrogen) atoms. The molecule has 0 bridgehead atoms. The van der Waals surface area contributed by atoms with E-state index in [0.717, 1.165) is 17.9 Å². The summed E-state index contributed by atoms with van der Waals surface area (Å²) in [6.07, 6.45) is 2.63. The van der Waals surface area contributed by atoms with Crippen LogP contribution in [-0.4, -0.2) is 30.7 Å². The van der Waals surface area contributed by atoms with E-state index < -0.39 is 15.7 Å². The maximum absolute atomic E-state index is 14.2. The van der Waals surface area contributed by atoms with E-state index >= 15 is 0 Å². The van der Waals surface area contributed by atoms with E-state index in [-0.39, 0.29) is 17.4 Å². The van der Waals surface area contributed by atoms with Crippen LogP contribution in [0, 0.1) is 12.7 Å². The molecular formula is C16H19FN2O3S. The first kappa shape index (κ1) is 17.3. The standard InChI is InChI=1S/C16H19FN2O3S/c1-10(2)22-16-11(3)15(18-9-19-16)7-12-5-6-13(8-14(12)17)23(4,20)21/h5-6,8-10H,7H2,1-4H3. The Balaban J connectivity index is 2.33. The lowest BCUT2D eigenvalue weighted by atomic mass is 10.1. The third-order valence-electron chi connectivity index (χ3n) is 3.30. The smallest absolute Gasteiger partial charge is 0.219 e. The zero-order chi connectivity index (χ0) is 17.2. The molecule has 0 fully saturated rings. The van der Waals surface area contributed by atoms with Crippen molar-refractivity contribution in [3.8, 4) is 5.88 Å². The predicted molar refractivity (Wildman–Crippen MR) is 84.8 cm³/mol. The van der Waals surface area contributed by atoms with Gasteiger partial charge in [0, 0.05) is 18.2 Å². The van der Waals surface area contributed by atoms with Gasteiger partial charge in [-0.1, -0.05) is 6.07 Å². The summed E-state index contributed by atoms with van der Waals surface area (Å²) in [5.41, 5.74) is 1.75. The van der Waals surface area contributed by atoms with Crippen molar-refractivity contribution < 1.29 is 17.5 Å². The van der Waals surface area contributed by atoms with Crippen molar-refractivity contribution in [3.63, 3.8) is 0 Å². The second-order valence-corrected chi connectivity index (χ2v) is 7.64. The number of ether oxygens (including phenoxy) is 1. The van der Waals surface area contributed by atoms with E-state index in [1.54, 1.807) is 0 Å². The first-order chi connectivity index (χ1) is 10.7. The van der Waals surface area contributed by atoms with Crippen LogP contribution in [0.4, 0.5) is 4.39 Å². The van der Waals surface area contributed by atoms with Gasteiger partial charge in [0.2, 0.25) is 5.88 Å². The van der Waals surface area contributed by atoms with Gasteiger partial charge < -0.3 is 4.74 Å². The highest BCUT2D eigenvalue weighted by molar-refractivity contribution is 7.90. The van der Waals surface area contributed by atoms with Gasteiger partial charge in [0.15, 0.2) is 9.84 Å². The summed E-state index contributed by atoms with van der Waals surface area (Å²) in [4.78, 5) is 8.22. The summed E-state index contributed by atoms with van der Waals surface area (Å²) in [6.45, 7) is 5.60. The summed E-state index contributed by atoms with van der Waals surface area (Å²) in [5.74, 6) is -0.101. The first-order valence-corrected chi connectivity index (χ1v) is 9.03. The van der Waals surface area contributed by atoms with E-state index in [9.17, 15) is 12.8 Å². The molecule has 0 saturated heterocycles. The SMILES string of the molecule is Cc1c(Cc2ccc(S(C)(=O)=O)cc2F)ncnc1OC(C)C. The van der Waals surface area contributed by atoms with Crippen LogP contribution in [0.25, 0.3) is 0 Å². The van der Waals surface area contributed by atoms with E-state index in [1.165, 1.54) is 18.5 Å². The summed E-state index contributed by atoms with van der Waals surface area (Å²) in [7, 11) is -3.43. The number of aromatic nitrogens is 2. The number of hydrogen-bond acceptors (Lipinski definition) is 5. The number of hydrogen-bond donors (Lipinski definition) is 0. The maximum atomic E-state index is 14.2. The van der Waals surface area contributed by atoms with Gasteiger partial charge in [-0.15, -0.1) is 0 Å². The third-order valence-corrected chi connectivity index (χ3v) is 4.41. The van der Waals surface area contributed by atoms with Crippen molar-refractivity contribution in [1.29, 1.82) is 0 Å². The van der Waals surface area contributed by atoms with Gasteiger partial charge in [-0.25, -0.2) is 22.8 Å². The van der Waals surface area contributed by atoms with Crippen LogP contribution in [0.2, 0.25) is 0 Å². The highest BCUT2D eigenvalue weighted by Crippen LogP contribution is 2.22. The predicted octanol–water partition coefficient (Wildman–Crippen LogP) is 2.71. The van der Waals surface area contributed by atoms with Gasteiger partial charge in [-0.2, -0.15) is 0 Å². The molecule has 1 aromatic carbocycles. The molecule has 0 unspecified atom stereocenters. The molecule has 1 aromatic heterocycles. The summed E-state index contributed by atoms with van der Waals surface area (Å²) in [5, 5.41) is 0. The van der Waals surface area contributed by atoms with E-state index in [0.29, 0.717) is 17.1 Å². The second kappa shape index (κ2) is 6.62. The molecule has 7 heteroatoms. The fourth-order valence-electron chi connectivity index (χ4n) is 2.07. The summed E-state index contributed by atoms with van der Waals surface area (Å²) >= 11 is 0. The molecule has 0 N–H and O–H groups in total. The fraction of sp³-hybridized carbons (Fsp3) is 0.375. The zero-order valence-corrected chi connectivity index (χ0v) is 14.3. The Hall–Kier alpha value is -2.02. The van der Waals surface area contributed by atoms with Gasteiger partial charge >= 0.3 is 0 Å². The van der Waals surface area contributed by atoms with Crippen LogP contribution in [0.1, 0.15) is 30.7 Å². The number of halogens is 1. The molecule has 124 valence electrons. The van der Waals surface area contributed by atoms with Crippen LogP contribution in [0.3, 0.4) is 0 Å². The van der Waals surface area contributed by atoms with Gasteiger partial charge in [-0.3, -0.25) is 0 Å². The number of benzene rings is 1. The Morgan fingerprint density at radius 1 is 1.26 bits per heavy atom. The van der Waals surface area contributed by atoms with E-state index in [1.807, 2.05) is 20.8 Å². The molecular weight excluding hydrogens is 319 g/mol. The lowest BCUT2D eigenvalue weighted by molar-refractivity contribution is 0.230. The molecule has 0 atom stereocenters. The topological polar surface area (TPSA) is 69.2 Å².